The zero-order valence-corrected chi connectivity index (χ0v) is 9.29. The lowest BCUT2D eigenvalue weighted by atomic mass is 9.73. The fraction of sp³-hybridized carbons (Fsp3) is 1.00. The van der Waals surface area contributed by atoms with Crippen molar-refractivity contribution in [2.24, 2.45) is 11.7 Å². The van der Waals surface area contributed by atoms with E-state index < -0.39 is 0 Å². The first-order chi connectivity index (χ1) is 6.66. The SMILES string of the molecule is CN(C)NC1(CN)CN2CCC1CC2. The van der Waals surface area contributed by atoms with Crippen LogP contribution in [0.25, 0.3) is 0 Å². The number of hydrazine groups is 1. The van der Waals surface area contributed by atoms with Gasteiger partial charge in [0.2, 0.25) is 0 Å². The minimum Gasteiger partial charge on any atom is -0.329 e. The van der Waals surface area contributed by atoms with Crippen LogP contribution >= 0.6 is 0 Å². The van der Waals surface area contributed by atoms with Crippen LogP contribution in [-0.4, -0.2) is 55.7 Å². The molecule has 0 aliphatic carbocycles. The van der Waals surface area contributed by atoms with Gasteiger partial charge < -0.3 is 10.6 Å². The Bertz CT molecular complexity index is 194. The van der Waals surface area contributed by atoms with Gasteiger partial charge in [0.15, 0.2) is 0 Å². The van der Waals surface area contributed by atoms with Crippen LogP contribution in [0.4, 0.5) is 0 Å². The van der Waals surface area contributed by atoms with Gasteiger partial charge in [-0.15, -0.1) is 0 Å². The molecule has 0 aromatic heterocycles. The van der Waals surface area contributed by atoms with Gasteiger partial charge in [-0.3, -0.25) is 0 Å². The number of hydrogen-bond acceptors (Lipinski definition) is 4. The predicted octanol–water partition coefficient (Wildman–Crippen LogP) is -0.524. The van der Waals surface area contributed by atoms with E-state index in [4.69, 9.17) is 5.73 Å². The second kappa shape index (κ2) is 3.77. The first-order valence-electron chi connectivity index (χ1n) is 5.54. The minimum atomic E-state index is 0.139. The van der Waals surface area contributed by atoms with Crippen molar-refractivity contribution in [1.29, 1.82) is 0 Å². The summed E-state index contributed by atoms with van der Waals surface area (Å²) in [5.74, 6) is 0.764. The third-order valence-electron chi connectivity index (χ3n) is 3.69. The highest BCUT2D eigenvalue weighted by atomic mass is 15.5. The first-order valence-corrected chi connectivity index (χ1v) is 5.54. The van der Waals surface area contributed by atoms with Crippen LogP contribution in [-0.2, 0) is 0 Å². The average Bonchev–Trinajstić information content (AvgIpc) is 2.18. The van der Waals surface area contributed by atoms with Gasteiger partial charge in [-0.05, 0) is 31.8 Å². The molecule has 0 aromatic carbocycles. The maximum Gasteiger partial charge on any atom is 0.0603 e. The van der Waals surface area contributed by atoms with Crippen LogP contribution in [0.3, 0.4) is 0 Å². The molecular formula is C10H22N4. The highest BCUT2D eigenvalue weighted by Crippen LogP contribution is 2.34. The Morgan fingerprint density at radius 3 is 2.43 bits per heavy atom. The molecule has 3 rings (SSSR count). The highest BCUT2D eigenvalue weighted by molar-refractivity contribution is 5.03. The van der Waals surface area contributed by atoms with Gasteiger partial charge >= 0.3 is 0 Å². The average molecular weight is 198 g/mol. The van der Waals surface area contributed by atoms with E-state index in [2.05, 4.69) is 29.4 Å². The van der Waals surface area contributed by atoms with Crippen LogP contribution in [0.15, 0.2) is 0 Å². The van der Waals surface area contributed by atoms with Crippen molar-refractivity contribution in [2.75, 3.05) is 40.3 Å². The molecule has 2 bridgehead atoms. The number of piperidine rings is 3. The van der Waals surface area contributed by atoms with Crippen molar-refractivity contribution in [3.8, 4) is 0 Å². The standard InChI is InChI=1S/C10H22N4/c1-13(2)12-10(7-11)8-14-5-3-9(10)4-6-14/h9,12H,3-8,11H2,1-2H3. The highest BCUT2D eigenvalue weighted by Gasteiger charge is 2.45. The molecule has 4 nitrogen and oxygen atoms in total. The molecule has 3 N–H and O–H groups in total. The Labute approximate surface area is 86.4 Å². The smallest absolute Gasteiger partial charge is 0.0603 e. The van der Waals surface area contributed by atoms with Crippen LogP contribution in [0.1, 0.15) is 12.8 Å². The molecule has 3 aliphatic heterocycles. The number of rotatable bonds is 3. The van der Waals surface area contributed by atoms with E-state index in [0.717, 1.165) is 19.0 Å². The zero-order chi connectivity index (χ0) is 10.2. The van der Waals surface area contributed by atoms with E-state index >= 15 is 0 Å². The Balaban J connectivity index is 2.11. The van der Waals surface area contributed by atoms with Crippen molar-refractivity contribution in [3.63, 3.8) is 0 Å². The summed E-state index contributed by atoms with van der Waals surface area (Å²) in [6, 6.07) is 0. The summed E-state index contributed by atoms with van der Waals surface area (Å²) in [5.41, 5.74) is 9.64. The number of nitrogens with two attached hydrogens (primary N) is 1. The van der Waals surface area contributed by atoms with Crippen molar-refractivity contribution in [2.45, 2.75) is 18.4 Å². The lowest BCUT2D eigenvalue weighted by molar-refractivity contribution is -0.0232. The summed E-state index contributed by atoms with van der Waals surface area (Å²) in [6.07, 6.45) is 2.61. The third kappa shape index (κ3) is 1.67. The molecule has 3 aliphatic rings. The van der Waals surface area contributed by atoms with E-state index in [1.807, 2.05) is 0 Å². The maximum atomic E-state index is 5.96. The summed E-state index contributed by atoms with van der Waals surface area (Å²) in [4.78, 5) is 2.53. The fourth-order valence-corrected chi connectivity index (χ4v) is 3.02. The third-order valence-corrected chi connectivity index (χ3v) is 3.69. The second-order valence-electron chi connectivity index (χ2n) is 4.92. The molecule has 0 radical (unpaired) electrons. The van der Waals surface area contributed by atoms with Crippen molar-refractivity contribution >= 4 is 0 Å². The number of nitrogens with one attached hydrogen (secondary N) is 1. The molecule has 0 amide bonds. The van der Waals surface area contributed by atoms with Crippen LogP contribution in [0.5, 0.6) is 0 Å². The van der Waals surface area contributed by atoms with E-state index in [-0.39, 0.29) is 5.54 Å². The van der Waals surface area contributed by atoms with Gasteiger partial charge in [-0.2, -0.15) is 0 Å². The summed E-state index contributed by atoms with van der Waals surface area (Å²) < 4.78 is 0. The van der Waals surface area contributed by atoms with E-state index in [1.165, 1.54) is 25.9 Å². The van der Waals surface area contributed by atoms with Crippen molar-refractivity contribution in [1.82, 2.24) is 15.3 Å². The molecule has 3 heterocycles. The van der Waals surface area contributed by atoms with Gasteiger partial charge in [-0.25, -0.2) is 10.4 Å². The molecule has 82 valence electrons. The predicted molar refractivity (Wildman–Crippen MR) is 57.8 cm³/mol. The van der Waals surface area contributed by atoms with Gasteiger partial charge in [0.1, 0.15) is 0 Å². The number of nitrogens with zero attached hydrogens (tertiary/aromatic N) is 2. The van der Waals surface area contributed by atoms with Gasteiger partial charge in [0, 0.05) is 27.2 Å². The molecule has 0 saturated carbocycles. The molecule has 0 aromatic rings. The monoisotopic (exact) mass is 198 g/mol. The Morgan fingerprint density at radius 2 is 2.07 bits per heavy atom. The largest absolute Gasteiger partial charge is 0.329 e. The maximum absolute atomic E-state index is 5.96. The van der Waals surface area contributed by atoms with E-state index in [0.29, 0.717) is 0 Å². The van der Waals surface area contributed by atoms with Crippen molar-refractivity contribution in [3.05, 3.63) is 0 Å². The molecule has 3 fully saturated rings. The summed E-state index contributed by atoms with van der Waals surface area (Å²) in [7, 11) is 4.10. The Hall–Kier alpha value is -0.160. The number of fused-ring (bicyclic) bond motifs is 3. The van der Waals surface area contributed by atoms with Crippen LogP contribution in [0.2, 0.25) is 0 Å². The summed E-state index contributed by atoms with van der Waals surface area (Å²) >= 11 is 0. The number of hydrogen-bond donors (Lipinski definition) is 2. The molecule has 0 spiro atoms. The first kappa shape index (κ1) is 10.4. The molecule has 3 saturated heterocycles. The van der Waals surface area contributed by atoms with Crippen LogP contribution < -0.4 is 11.2 Å². The second-order valence-corrected chi connectivity index (χ2v) is 4.92. The molecule has 4 heteroatoms. The van der Waals surface area contributed by atoms with Gasteiger partial charge in [0.05, 0.1) is 5.54 Å². The fourth-order valence-electron chi connectivity index (χ4n) is 3.02. The van der Waals surface area contributed by atoms with E-state index in [9.17, 15) is 0 Å². The van der Waals surface area contributed by atoms with Crippen LogP contribution in [0, 0.1) is 5.92 Å². The lowest BCUT2D eigenvalue weighted by Gasteiger charge is -2.54. The van der Waals surface area contributed by atoms with E-state index in [1.54, 1.807) is 0 Å². The summed E-state index contributed by atoms with van der Waals surface area (Å²) in [6.45, 7) is 4.39. The Morgan fingerprint density at radius 1 is 1.43 bits per heavy atom. The quantitative estimate of drug-likeness (QED) is 0.599. The zero-order valence-electron chi connectivity index (χ0n) is 9.29. The molecular weight excluding hydrogens is 176 g/mol. The Kier molecular flexibility index (Phi) is 2.79. The minimum absolute atomic E-state index is 0.139. The van der Waals surface area contributed by atoms with Crippen molar-refractivity contribution < 1.29 is 0 Å². The molecule has 14 heavy (non-hydrogen) atoms. The van der Waals surface area contributed by atoms with Gasteiger partial charge in [0.25, 0.3) is 0 Å². The molecule has 1 atom stereocenters. The lowest BCUT2D eigenvalue weighted by Crippen LogP contribution is -2.71. The molecule has 1 unspecified atom stereocenters. The summed E-state index contributed by atoms with van der Waals surface area (Å²) in [5, 5.41) is 2.05. The van der Waals surface area contributed by atoms with Gasteiger partial charge in [-0.1, -0.05) is 0 Å². The normalized spacial score (nSPS) is 42.0. The topological polar surface area (TPSA) is 44.5 Å².